The van der Waals surface area contributed by atoms with Crippen LogP contribution in [0.2, 0.25) is 0 Å². The Morgan fingerprint density at radius 2 is 1.88 bits per heavy atom. The number of thioether (sulfide) groups is 1. The molecule has 2 aromatic rings. The Morgan fingerprint density at radius 3 is 2.53 bits per heavy atom. The number of anilines is 1. The Labute approximate surface area is 194 Å². The van der Waals surface area contributed by atoms with Crippen LogP contribution in [0.5, 0.6) is 0 Å². The van der Waals surface area contributed by atoms with E-state index in [0.717, 1.165) is 55.2 Å². The molecule has 1 saturated carbocycles. The third-order valence-electron chi connectivity index (χ3n) is 5.35. The van der Waals surface area contributed by atoms with Crippen LogP contribution in [0.4, 0.5) is 10.1 Å². The second-order valence-electron chi connectivity index (χ2n) is 7.65. The number of thiophene rings is 1. The van der Waals surface area contributed by atoms with Gasteiger partial charge in [-0.2, -0.15) is 8.42 Å². The van der Waals surface area contributed by atoms with Gasteiger partial charge in [-0.3, -0.25) is 14.5 Å². The number of carbonyl (C=O) groups is 2. The van der Waals surface area contributed by atoms with Crippen molar-refractivity contribution in [3.63, 3.8) is 0 Å². The normalized spacial score (nSPS) is 21.3. The number of benzene rings is 1. The number of hydrogen-bond acceptors (Lipinski definition) is 6. The molecule has 4 rings (SSSR count). The lowest BCUT2D eigenvalue weighted by molar-refractivity contribution is -0.130. The topological polar surface area (TPSA) is 95.9 Å². The fourth-order valence-electron chi connectivity index (χ4n) is 3.83. The summed E-state index contributed by atoms with van der Waals surface area (Å²) in [6.07, 6.45) is 4.41. The summed E-state index contributed by atoms with van der Waals surface area (Å²) in [4.78, 5) is 27.2. The van der Waals surface area contributed by atoms with Crippen LogP contribution in [0.1, 0.15) is 38.5 Å². The first kappa shape index (κ1) is 22.9. The van der Waals surface area contributed by atoms with Gasteiger partial charge in [-0.05, 0) is 48.6 Å². The van der Waals surface area contributed by atoms with Gasteiger partial charge in [0, 0.05) is 18.2 Å². The van der Waals surface area contributed by atoms with E-state index in [0.29, 0.717) is 5.69 Å². The molecule has 2 amide bonds. The van der Waals surface area contributed by atoms with Gasteiger partial charge in [0.2, 0.25) is 11.8 Å². The second kappa shape index (κ2) is 9.72. The van der Waals surface area contributed by atoms with Crippen LogP contribution in [-0.4, -0.2) is 41.6 Å². The van der Waals surface area contributed by atoms with E-state index < -0.39 is 27.0 Å². The predicted octanol–water partition coefficient (Wildman–Crippen LogP) is 4.24. The van der Waals surface area contributed by atoms with Gasteiger partial charge in [-0.15, -0.1) is 15.7 Å². The van der Waals surface area contributed by atoms with E-state index in [4.69, 9.17) is 0 Å². The number of carbonyl (C=O) groups excluding carboxylic acids is 2. The van der Waals surface area contributed by atoms with Gasteiger partial charge in [0.15, 0.2) is 5.17 Å². The van der Waals surface area contributed by atoms with Crippen LogP contribution in [0.25, 0.3) is 0 Å². The molecule has 1 N–H and O–H groups in total. The molecule has 1 aromatic carbocycles. The SMILES string of the molecule is O=C(C[C@H]1SC(=NS(=O)(=O)c2cccs2)N(C2CCCCC2)C1=O)Nc1ccc(F)cc1. The maximum Gasteiger partial charge on any atom is 0.294 e. The van der Waals surface area contributed by atoms with E-state index in [1.807, 2.05) is 0 Å². The van der Waals surface area contributed by atoms with E-state index in [1.54, 1.807) is 11.4 Å². The maximum atomic E-state index is 13.2. The summed E-state index contributed by atoms with van der Waals surface area (Å²) < 4.78 is 42.7. The predicted molar refractivity (Wildman–Crippen MR) is 124 cm³/mol. The third-order valence-corrected chi connectivity index (χ3v) is 9.26. The molecule has 1 aliphatic carbocycles. The van der Waals surface area contributed by atoms with Crippen molar-refractivity contribution >= 4 is 55.8 Å². The number of sulfonamides is 1. The smallest absolute Gasteiger partial charge is 0.294 e. The average molecular weight is 496 g/mol. The first-order valence-corrected chi connectivity index (χ1v) is 13.5. The molecule has 11 heteroatoms. The maximum absolute atomic E-state index is 13.2. The zero-order chi connectivity index (χ0) is 22.7. The Bertz CT molecular complexity index is 1110. The minimum atomic E-state index is -3.94. The molecule has 2 heterocycles. The fourth-order valence-corrected chi connectivity index (χ4v) is 7.20. The number of amides is 2. The van der Waals surface area contributed by atoms with Gasteiger partial charge in [0.25, 0.3) is 10.0 Å². The van der Waals surface area contributed by atoms with E-state index in [2.05, 4.69) is 9.71 Å². The molecule has 0 radical (unpaired) electrons. The summed E-state index contributed by atoms with van der Waals surface area (Å²) in [5.41, 5.74) is 0.421. The van der Waals surface area contributed by atoms with Crippen molar-refractivity contribution in [3.05, 3.63) is 47.6 Å². The Kier molecular flexibility index (Phi) is 6.96. The molecule has 32 heavy (non-hydrogen) atoms. The van der Waals surface area contributed by atoms with Crippen LogP contribution in [-0.2, 0) is 19.6 Å². The first-order chi connectivity index (χ1) is 15.3. The highest BCUT2D eigenvalue weighted by molar-refractivity contribution is 8.16. The van der Waals surface area contributed by atoms with Crippen molar-refractivity contribution in [2.24, 2.45) is 4.40 Å². The molecular weight excluding hydrogens is 473 g/mol. The van der Waals surface area contributed by atoms with Crippen molar-refractivity contribution in [3.8, 4) is 0 Å². The monoisotopic (exact) mass is 495 g/mol. The molecule has 0 unspecified atom stereocenters. The standard InChI is InChI=1S/C21H22FN3O4S3/c22-14-8-10-15(11-9-14)23-18(26)13-17-20(27)25(16-5-2-1-3-6-16)21(31-17)24-32(28,29)19-7-4-12-30-19/h4,7-12,16-17H,1-3,5-6,13H2,(H,23,26)/t17-/m1/s1. The summed E-state index contributed by atoms with van der Waals surface area (Å²) in [6, 6.07) is 8.32. The molecule has 170 valence electrons. The molecule has 1 aromatic heterocycles. The van der Waals surface area contributed by atoms with E-state index in [-0.39, 0.29) is 27.7 Å². The van der Waals surface area contributed by atoms with E-state index in [1.165, 1.54) is 35.2 Å². The molecule has 1 atom stereocenters. The largest absolute Gasteiger partial charge is 0.326 e. The lowest BCUT2D eigenvalue weighted by atomic mass is 9.94. The summed E-state index contributed by atoms with van der Waals surface area (Å²) in [5, 5.41) is 3.67. The van der Waals surface area contributed by atoms with Crippen molar-refractivity contribution in [2.75, 3.05) is 5.32 Å². The summed E-state index contributed by atoms with van der Waals surface area (Å²) >= 11 is 2.08. The lowest BCUT2D eigenvalue weighted by Crippen LogP contribution is -2.42. The summed E-state index contributed by atoms with van der Waals surface area (Å²) in [5.74, 6) is -1.12. The Balaban J connectivity index is 1.55. The highest BCUT2D eigenvalue weighted by Crippen LogP contribution is 2.36. The molecule has 2 aliphatic rings. The van der Waals surface area contributed by atoms with Gasteiger partial charge < -0.3 is 5.32 Å². The summed E-state index contributed by atoms with van der Waals surface area (Å²) in [6.45, 7) is 0. The van der Waals surface area contributed by atoms with Crippen molar-refractivity contribution < 1.29 is 22.4 Å². The van der Waals surface area contributed by atoms with E-state index >= 15 is 0 Å². The van der Waals surface area contributed by atoms with E-state index in [9.17, 15) is 22.4 Å². The molecule has 7 nitrogen and oxygen atoms in total. The van der Waals surface area contributed by atoms with Gasteiger partial charge in [-0.1, -0.05) is 37.1 Å². The van der Waals surface area contributed by atoms with Gasteiger partial charge in [-0.25, -0.2) is 4.39 Å². The molecule has 2 fully saturated rings. The number of hydrogen-bond donors (Lipinski definition) is 1. The zero-order valence-electron chi connectivity index (χ0n) is 17.1. The average Bonchev–Trinajstić information content (AvgIpc) is 3.40. The quantitative estimate of drug-likeness (QED) is 0.647. The molecule has 0 bridgehead atoms. The fraction of sp³-hybridized carbons (Fsp3) is 0.381. The minimum Gasteiger partial charge on any atom is -0.326 e. The second-order valence-corrected chi connectivity index (χ2v) is 11.6. The molecular formula is C21H22FN3O4S3. The minimum absolute atomic E-state index is 0.110. The zero-order valence-corrected chi connectivity index (χ0v) is 19.5. The van der Waals surface area contributed by atoms with Crippen LogP contribution in [0.15, 0.2) is 50.4 Å². The summed E-state index contributed by atoms with van der Waals surface area (Å²) in [7, 11) is -3.94. The number of rotatable bonds is 6. The number of halogens is 1. The Morgan fingerprint density at radius 1 is 1.16 bits per heavy atom. The number of nitrogens with zero attached hydrogens (tertiary/aromatic N) is 2. The number of amidine groups is 1. The van der Waals surface area contributed by atoms with Crippen LogP contribution < -0.4 is 5.32 Å². The number of nitrogens with one attached hydrogen (secondary N) is 1. The van der Waals surface area contributed by atoms with Crippen molar-refractivity contribution in [1.82, 2.24) is 4.90 Å². The van der Waals surface area contributed by atoms with Crippen molar-refractivity contribution in [1.29, 1.82) is 0 Å². The molecule has 0 spiro atoms. The third kappa shape index (κ3) is 5.21. The van der Waals surface area contributed by atoms with Crippen LogP contribution in [0.3, 0.4) is 0 Å². The highest BCUT2D eigenvalue weighted by atomic mass is 32.2. The van der Waals surface area contributed by atoms with Gasteiger partial charge in [0.1, 0.15) is 15.3 Å². The molecule has 1 saturated heterocycles. The lowest BCUT2D eigenvalue weighted by Gasteiger charge is -2.30. The highest BCUT2D eigenvalue weighted by Gasteiger charge is 2.43. The van der Waals surface area contributed by atoms with Gasteiger partial charge >= 0.3 is 0 Å². The first-order valence-electron chi connectivity index (χ1n) is 10.3. The van der Waals surface area contributed by atoms with Crippen LogP contribution >= 0.6 is 23.1 Å². The van der Waals surface area contributed by atoms with Crippen LogP contribution in [0, 0.1) is 5.82 Å². The Hall–Kier alpha value is -2.24. The van der Waals surface area contributed by atoms with Gasteiger partial charge in [0.05, 0.1) is 0 Å². The molecule has 1 aliphatic heterocycles. The van der Waals surface area contributed by atoms with Crippen molar-refractivity contribution in [2.45, 2.75) is 54.0 Å².